The van der Waals surface area contributed by atoms with Gasteiger partial charge in [0.05, 0.1) is 13.2 Å². The van der Waals surface area contributed by atoms with Gasteiger partial charge in [-0.1, -0.05) is 60.7 Å². The third-order valence-electron chi connectivity index (χ3n) is 5.93. The molecule has 0 saturated carbocycles. The second-order valence-corrected chi connectivity index (χ2v) is 7.41. The fourth-order valence-electron chi connectivity index (χ4n) is 4.92. The predicted molar refractivity (Wildman–Crippen MR) is 109 cm³/mol. The molecule has 2 nitrogen and oxygen atoms in total. The normalized spacial score (nSPS) is 15.6. The van der Waals surface area contributed by atoms with Gasteiger partial charge in [0.15, 0.2) is 0 Å². The Balaban J connectivity index is 2.00. The van der Waals surface area contributed by atoms with Crippen molar-refractivity contribution < 1.29 is 9.47 Å². The molecule has 5 rings (SSSR count). The van der Waals surface area contributed by atoms with Crippen molar-refractivity contribution in [3.63, 3.8) is 0 Å². The molecule has 26 heavy (non-hydrogen) atoms. The Morgan fingerprint density at radius 3 is 2.08 bits per heavy atom. The molecule has 0 bridgehead atoms. The number of rotatable bonds is 4. The third kappa shape index (κ3) is 2.00. The lowest BCUT2D eigenvalue weighted by molar-refractivity contribution is 0.0625. The maximum atomic E-state index is 5.64. The molecular weight excluding hydrogens is 320 g/mol. The Morgan fingerprint density at radius 1 is 0.769 bits per heavy atom. The van der Waals surface area contributed by atoms with E-state index in [1.165, 1.54) is 43.1 Å². The molecule has 0 aromatic heterocycles. The molecule has 0 N–H and O–H groups in total. The summed E-state index contributed by atoms with van der Waals surface area (Å²) in [5.41, 5.74) is 1.22. The highest BCUT2D eigenvalue weighted by Crippen LogP contribution is 2.40. The van der Waals surface area contributed by atoms with E-state index in [4.69, 9.17) is 9.47 Å². The lowest BCUT2D eigenvalue weighted by atomic mass is 9.72. The van der Waals surface area contributed by atoms with Crippen LogP contribution in [0.1, 0.15) is 12.0 Å². The summed E-state index contributed by atoms with van der Waals surface area (Å²) < 4.78 is 11.3. The standard InChI is InChI=1S/C24H22O2/c1-25-14-24(15-26-2)13-12-20-18-9-4-7-16-6-3-8-17(22(16)18)19-10-5-11-21(24)23(19)20/h3-12H,13-15H2,1-2H3. The quantitative estimate of drug-likeness (QED) is 0.399. The highest BCUT2D eigenvalue weighted by molar-refractivity contribution is 6.22. The molecule has 4 aromatic carbocycles. The van der Waals surface area contributed by atoms with E-state index in [0.29, 0.717) is 13.2 Å². The average Bonchev–Trinajstić information content (AvgIpc) is 2.67. The molecule has 130 valence electrons. The minimum absolute atomic E-state index is 0.126. The maximum absolute atomic E-state index is 5.64. The summed E-state index contributed by atoms with van der Waals surface area (Å²) in [4.78, 5) is 0. The largest absolute Gasteiger partial charge is 0.384 e. The summed E-state index contributed by atoms with van der Waals surface area (Å²) in [6.07, 6.45) is 3.33. The van der Waals surface area contributed by atoms with E-state index in [2.05, 4.69) is 60.7 Å². The van der Waals surface area contributed by atoms with E-state index in [0.717, 1.165) is 6.42 Å². The number of benzene rings is 4. The Morgan fingerprint density at radius 2 is 1.38 bits per heavy atom. The van der Waals surface area contributed by atoms with E-state index in [1.807, 2.05) is 0 Å². The monoisotopic (exact) mass is 342 g/mol. The van der Waals surface area contributed by atoms with Crippen molar-refractivity contribution in [2.24, 2.45) is 0 Å². The van der Waals surface area contributed by atoms with E-state index in [-0.39, 0.29) is 5.41 Å². The molecule has 1 aliphatic rings. The fourth-order valence-corrected chi connectivity index (χ4v) is 4.92. The van der Waals surface area contributed by atoms with E-state index in [9.17, 15) is 0 Å². The van der Waals surface area contributed by atoms with Gasteiger partial charge >= 0.3 is 0 Å². The van der Waals surface area contributed by atoms with Crippen LogP contribution in [0.25, 0.3) is 38.4 Å². The van der Waals surface area contributed by atoms with Crippen LogP contribution in [0, 0.1) is 0 Å². The van der Waals surface area contributed by atoms with Crippen LogP contribution in [0.2, 0.25) is 0 Å². The third-order valence-corrected chi connectivity index (χ3v) is 5.93. The minimum Gasteiger partial charge on any atom is -0.384 e. The zero-order valence-corrected chi connectivity index (χ0v) is 15.2. The van der Waals surface area contributed by atoms with Gasteiger partial charge in [0.25, 0.3) is 0 Å². The van der Waals surface area contributed by atoms with Crippen LogP contribution in [0.3, 0.4) is 0 Å². The summed E-state index contributed by atoms with van der Waals surface area (Å²) in [5, 5.41) is 9.41. The summed E-state index contributed by atoms with van der Waals surface area (Å²) in [6.45, 7) is 1.32. The molecule has 0 heterocycles. The maximum Gasteiger partial charge on any atom is 0.0584 e. The van der Waals surface area contributed by atoms with Crippen LogP contribution in [-0.2, 0) is 14.9 Å². The van der Waals surface area contributed by atoms with Gasteiger partial charge in [-0.15, -0.1) is 0 Å². The Hall–Kier alpha value is -2.42. The molecular formula is C24H22O2. The molecule has 0 spiro atoms. The summed E-state index contributed by atoms with van der Waals surface area (Å²) in [5.74, 6) is 0. The van der Waals surface area contributed by atoms with Gasteiger partial charge in [-0.2, -0.15) is 0 Å². The number of ether oxygens (including phenoxy) is 2. The minimum atomic E-state index is -0.126. The van der Waals surface area contributed by atoms with E-state index in [1.54, 1.807) is 14.2 Å². The van der Waals surface area contributed by atoms with Gasteiger partial charge < -0.3 is 9.47 Å². The fraction of sp³-hybridized carbons (Fsp3) is 0.250. The van der Waals surface area contributed by atoms with Crippen molar-refractivity contribution in [2.45, 2.75) is 11.8 Å². The van der Waals surface area contributed by atoms with Gasteiger partial charge in [-0.25, -0.2) is 0 Å². The molecule has 0 radical (unpaired) electrons. The molecule has 0 aliphatic heterocycles. The van der Waals surface area contributed by atoms with Crippen LogP contribution in [-0.4, -0.2) is 27.4 Å². The lowest BCUT2D eigenvalue weighted by Crippen LogP contribution is -2.39. The lowest BCUT2D eigenvalue weighted by Gasteiger charge is -2.36. The second-order valence-electron chi connectivity index (χ2n) is 7.41. The smallest absolute Gasteiger partial charge is 0.0584 e. The molecule has 1 aliphatic carbocycles. The highest BCUT2D eigenvalue weighted by Gasteiger charge is 2.36. The van der Waals surface area contributed by atoms with Crippen LogP contribution in [0.4, 0.5) is 0 Å². The molecule has 2 heteroatoms. The SMILES string of the molecule is COCC1(COC)CC=c2c3cccc4cccc(c5cccc1c25)c43. The van der Waals surface area contributed by atoms with Crippen molar-refractivity contribution >= 4 is 38.4 Å². The van der Waals surface area contributed by atoms with Crippen LogP contribution < -0.4 is 5.22 Å². The zero-order chi connectivity index (χ0) is 17.7. The predicted octanol–water partition coefficient (Wildman–Crippen LogP) is 4.58. The summed E-state index contributed by atoms with van der Waals surface area (Å²) in [6, 6.07) is 20.0. The van der Waals surface area contributed by atoms with Crippen LogP contribution in [0.5, 0.6) is 0 Å². The van der Waals surface area contributed by atoms with Crippen LogP contribution >= 0.6 is 0 Å². The van der Waals surface area contributed by atoms with E-state index >= 15 is 0 Å². The van der Waals surface area contributed by atoms with Gasteiger partial charge in [0, 0.05) is 19.6 Å². The number of hydrogen-bond donors (Lipinski definition) is 0. The van der Waals surface area contributed by atoms with Gasteiger partial charge in [0.2, 0.25) is 0 Å². The van der Waals surface area contributed by atoms with Crippen molar-refractivity contribution in [1.29, 1.82) is 0 Å². The Labute approximate surface area is 153 Å². The average molecular weight is 342 g/mol. The Kier molecular flexibility index (Phi) is 3.53. The first-order chi connectivity index (χ1) is 12.8. The molecule has 0 atom stereocenters. The Bertz CT molecular complexity index is 1180. The first-order valence-electron chi connectivity index (χ1n) is 9.13. The van der Waals surface area contributed by atoms with Crippen molar-refractivity contribution in [1.82, 2.24) is 0 Å². The highest BCUT2D eigenvalue weighted by atomic mass is 16.5. The number of methoxy groups -OCH3 is 2. The molecule has 4 aromatic rings. The molecule has 0 fully saturated rings. The topological polar surface area (TPSA) is 18.5 Å². The first kappa shape index (κ1) is 15.8. The van der Waals surface area contributed by atoms with Gasteiger partial charge in [-0.05, 0) is 49.5 Å². The van der Waals surface area contributed by atoms with E-state index < -0.39 is 0 Å². The number of fused-ring (bicyclic) bond motifs is 2. The van der Waals surface area contributed by atoms with Gasteiger partial charge in [0.1, 0.15) is 0 Å². The van der Waals surface area contributed by atoms with Crippen molar-refractivity contribution in [3.8, 4) is 0 Å². The first-order valence-corrected chi connectivity index (χ1v) is 9.13. The van der Waals surface area contributed by atoms with Gasteiger partial charge in [-0.3, -0.25) is 0 Å². The summed E-state index contributed by atoms with van der Waals surface area (Å²) >= 11 is 0. The second kappa shape index (κ2) is 5.80. The molecule has 0 saturated heterocycles. The van der Waals surface area contributed by atoms with Crippen LogP contribution in [0.15, 0.2) is 54.6 Å². The van der Waals surface area contributed by atoms with Crippen molar-refractivity contribution in [3.05, 3.63) is 65.4 Å². The molecule has 0 amide bonds. The number of hydrogen-bond acceptors (Lipinski definition) is 2. The molecule has 0 unspecified atom stereocenters. The van der Waals surface area contributed by atoms with Crippen molar-refractivity contribution in [2.75, 3.05) is 27.4 Å². The zero-order valence-electron chi connectivity index (χ0n) is 15.2. The summed E-state index contributed by atoms with van der Waals surface area (Å²) in [7, 11) is 3.56.